The molecule has 12 heavy (non-hydrogen) atoms. The zero-order chi connectivity index (χ0) is 9.19. The Balaban J connectivity index is 2.36. The van der Waals surface area contributed by atoms with Crippen LogP contribution in [-0.4, -0.2) is 14.5 Å². The summed E-state index contributed by atoms with van der Waals surface area (Å²) in [6, 6.07) is 0.0590. The predicted octanol–water partition coefficient (Wildman–Crippen LogP) is 1.64. The predicted molar refractivity (Wildman–Crippen MR) is 49.3 cm³/mol. The summed E-state index contributed by atoms with van der Waals surface area (Å²) in [6.45, 7) is 2.19. The van der Waals surface area contributed by atoms with Crippen molar-refractivity contribution in [1.29, 1.82) is 0 Å². The minimum atomic E-state index is -3.52. The van der Waals surface area contributed by atoms with Crippen LogP contribution in [0.15, 0.2) is 0 Å². The van der Waals surface area contributed by atoms with Gasteiger partial charge in [0.1, 0.15) is 0 Å². The molecular weight excluding hydrogens is 198 g/mol. The first kappa shape index (κ1) is 10.3. The van der Waals surface area contributed by atoms with Gasteiger partial charge in [-0.15, -0.1) is 0 Å². The Kier molecular flexibility index (Phi) is 3.37. The van der Waals surface area contributed by atoms with Crippen molar-refractivity contribution in [2.45, 2.75) is 38.6 Å². The minimum absolute atomic E-state index is 0.0590. The first-order valence-electron chi connectivity index (χ1n) is 4.19. The van der Waals surface area contributed by atoms with Gasteiger partial charge in [-0.3, -0.25) is 0 Å². The number of nitrogens with one attached hydrogen (secondary N) is 1. The molecule has 1 aliphatic carbocycles. The Morgan fingerprint density at radius 3 is 2.17 bits per heavy atom. The van der Waals surface area contributed by atoms with E-state index in [0.29, 0.717) is 0 Å². The SMILES string of the molecule is CC1CCC(NS(=O)(=O)Cl)CC1. The van der Waals surface area contributed by atoms with Crippen molar-refractivity contribution < 1.29 is 8.42 Å². The molecule has 1 rings (SSSR count). The second kappa shape index (κ2) is 3.94. The molecular formula is C7H14ClNO2S. The van der Waals surface area contributed by atoms with Crippen LogP contribution in [0.25, 0.3) is 0 Å². The summed E-state index contributed by atoms with van der Waals surface area (Å²) in [4.78, 5) is 0. The van der Waals surface area contributed by atoms with E-state index in [2.05, 4.69) is 11.6 Å². The van der Waals surface area contributed by atoms with E-state index in [0.717, 1.165) is 31.6 Å². The summed E-state index contributed by atoms with van der Waals surface area (Å²) in [5.41, 5.74) is 0. The van der Waals surface area contributed by atoms with E-state index >= 15 is 0 Å². The molecule has 0 unspecified atom stereocenters. The number of hydrogen-bond acceptors (Lipinski definition) is 2. The normalized spacial score (nSPS) is 31.8. The van der Waals surface area contributed by atoms with Gasteiger partial charge >= 0.3 is 0 Å². The van der Waals surface area contributed by atoms with Crippen molar-refractivity contribution in [2.75, 3.05) is 0 Å². The maximum atomic E-state index is 10.6. The average Bonchev–Trinajstić information content (AvgIpc) is 1.91. The highest BCUT2D eigenvalue weighted by molar-refractivity contribution is 8.12. The van der Waals surface area contributed by atoms with E-state index < -0.39 is 9.24 Å². The van der Waals surface area contributed by atoms with Crippen LogP contribution in [0.2, 0.25) is 0 Å². The van der Waals surface area contributed by atoms with Crippen LogP contribution in [0.1, 0.15) is 32.6 Å². The van der Waals surface area contributed by atoms with E-state index in [1.807, 2.05) is 0 Å². The van der Waals surface area contributed by atoms with Crippen molar-refractivity contribution in [3.8, 4) is 0 Å². The second-order valence-corrected chi connectivity index (χ2v) is 5.84. The van der Waals surface area contributed by atoms with E-state index in [1.54, 1.807) is 0 Å². The van der Waals surface area contributed by atoms with E-state index in [1.165, 1.54) is 0 Å². The smallest absolute Gasteiger partial charge is 0.199 e. The monoisotopic (exact) mass is 211 g/mol. The van der Waals surface area contributed by atoms with Crippen LogP contribution in [0.5, 0.6) is 0 Å². The fraction of sp³-hybridized carbons (Fsp3) is 1.00. The molecule has 0 atom stereocenters. The molecule has 0 aromatic carbocycles. The van der Waals surface area contributed by atoms with E-state index in [-0.39, 0.29) is 6.04 Å². The van der Waals surface area contributed by atoms with Crippen LogP contribution in [-0.2, 0) is 9.24 Å². The van der Waals surface area contributed by atoms with Gasteiger partial charge in [0.25, 0.3) is 9.24 Å². The molecule has 0 aliphatic heterocycles. The Morgan fingerprint density at radius 2 is 1.75 bits per heavy atom. The lowest BCUT2D eigenvalue weighted by Gasteiger charge is -2.25. The highest BCUT2D eigenvalue weighted by Crippen LogP contribution is 2.23. The molecule has 0 bridgehead atoms. The van der Waals surface area contributed by atoms with Gasteiger partial charge in [-0.2, -0.15) is 13.1 Å². The van der Waals surface area contributed by atoms with Gasteiger partial charge in [-0.1, -0.05) is 6.92 Å². The summed E-state index contributed by atoms with van der Waals surface area (Å²) in [6.07, 6.45) is 3.99. The lowest BCUT2D eigenvalue weighted by atomic mass is 9.88. The molecule has 0 aromatic heterocycles. The molecule has 72 valence electrons. The van der Waals surface area contributed by atoms with Crippen LogP contribution < -0.4 is 4.72 Å². The Morgan fingerprint density at radius 1 is 1.25 bits per heavy atom. The van der Waals surface area contributed by atoms with Gasteiger partial charge in [0.15, 0.2) is 0 Å². The topological polar surface area (TPSA) is 46.2 Å². The van der Waals surface area contributed by atoms with Gasteiger partial charge in [0, 0.05) is 16.7 Å². The number of halogens is 1. The van der Waals surface area contributed by atoms with Gasteiger partial charge in [-0.25, -0.2) is 0 Å². The Labute approximate surface area is 78.0 Å². The van der Waals surface area contributed by atoms with E-state index in [9.17, 15) is 8.42 Å². The lowest BCUT2D eigenvalue weighted by molar-refractivity contribution is 0.333. The molecule has 0 radical (unpaired) electrons. The maximum Gasteiger partial charge on any atom is 0.297 e. The molecule has 0 heterocycles. The zero-order valence-corrected chi connectivity index (χ0v) is 8.66. The quantitative estimate of drug-likeness (QED) is 0.706. The third kappa shape index (κ3) is 3.74. The Hall–Kier alpha value is 0.200. The fourth-order valence-electron chi connectivity index (χ4n) is 1.58. The third-order valence-electron chi connectivity index (χ3n) is 2.32. The summed E-state index contributed by atoms with van der Waals surface area (Å²) in [5.74, 6) is 0.723. The first-order valence-corrected chi connectivity index (χ1v) is 6.50. The number of hydrogen-bond donors (Lipinski definition) is 1. The molecule has 1 N–H and O–H groups in total. The molecule has 0 spiro atoms. The van der Waals surface area contributed by atoms with E-state index in [4.69, 9.17) is 10.7 Å². The summed E-state index contributed by atoms with van der Waals surface area (Å²) in [7, 11) is 1.54. The fourth-order valence-corrected chi connectivity index (χ4v) is 2.59. The maximum absolute atomic E-state index is 10.6. The molecule has 1 aliphatic rings. The van der Waals surface area contributed by atoms with Crippen molar-refractivity contribution in [2.24, 2.45) is 5.92 Å². The summed E-state index contributed by atoms with van der Waals surface area (Å²) >= 11 is 0. The molecule has 3 nitrogen and oxygen atoms in total. The zero-order valence-electron chi connectivity index (χ0n) is 7.09. The summed E-state index contributed by atoms with van der Waals surface area (Å²) in [5, 5.41) is 0. The molecule has 5 heteroatoms. The van der Waals surface area contributed by atoms with Crippen molar-refractivity contribution in [3.63, 3.8) is 0 Å². The van der Waals surface area contributed by atoms with Crippen LogP contribution in [0.3, 0.4) is 0 Å². The largest absolute Gasteiger partial charge is 0.297 e. The Bertz CT molecular complexity index is 232. The van der Waals surface area contributed by atoms with Crippen LogP contribution in [0.4, 0.5) is 0 Å². The summed E-state index contributed by atoms with van der Waals surface area (Å²) < 4.78 is 23.7. The van der Waals surface area contributed by atoms with Gasteiger partial charge in [-0.05, 0) is 31.6 Å². The van der Waals surface area contributed by atoms with Crippen LogP contribution in [0, 0.1) is 5.92 Å². The molecule has 1 saturated carbocycles. The lowest BCUT2D eigenvalue weighted by Crippen LogP contribution is -2.34. The highest BCUT2D eigenvalue weighted by Gasteiger charge is 2.21. The standard InChI is InChI=1S/C7H14ClNO2S/c1-6-2-4-7(5-3-6)9-12(8,10)11/h6-7,9H,2-5H2,1H3. The van der Waals surface area contributed by atoms with Crippen molar-refractivity contribution >= 4 is 19.9 Å². The van der Waals surface area contributed by atoms with Gasteiger partial charge < -0.3 is 0 Å². The van der Waals surface area contributed by atoms with Gasteiger partial charge in [0.05, 0.1) is 0 Å². The molecule has 0 amide bonds. The van der Waals surface area contributed by atoms with Crippen LogP contribution >= 0.6 is 10.7 Å². The van der Waals surface area contributed by atoms with Crippen molar-refractivity contribution in [1.82, 2.24) is 4.72 Å². The first-order chi connectivity index (χ1) is 5.47. The molecule has 0 saturated heterocycles. The minimum Gasteiger partial charge on any atom is -0.199 e. The average molecular weight is 212 g/mol. The molecule has 1 fully saturated rings. The van der Waals surface area contributed by atoms with Crippen molar-refractivity contribution in [3.05, 3.63) is 0 Å². The number of rotatable bonds is 2. The molecule has 0 aromatic rings. The highest BCUT2D eigenvalue weighted by atomic mass is 35.7. The van der Waals surface area contributed by atoms with Gasteiger partial charge in [0.2, 0.25) is 0 Å². The third-order valence-corrected chi connectivity index (χ3v) is 3.21. The second-order valence-electron chi connectivity index (χ2n) is 3.51.